The second-order valence-corrected chi connectivity index (χ2v) is 5.92. The summed E-state index contributed by atoms with van der Waals surface area (Å²) in [5.74, 6) is 0.310. The molecule has 22 heavy (non-hydrogen) atoms. The first-order chi connectivity index (χ1) is 10.3. The lowest BCUT2D eigenvalue weighted by Gasteiger charge is -2.27. The third-order valence-corrected chi connectivity index (χ3v) is 3.67. The van der Waals surface area contributed by atoms with Gasteiger partial charge < -0.3 is 10.6 Å². The Bertz CT molecular complexity index is 525. The van der Waals surface area contributed by atoms with E-state index in [0.29, 0.717) is 12.5 Å². The molecule has 0 fully saturated rings. The first-order valence-electron chi connectivity index (χ1n) is 7.47. The van der Waals surface area contributed by atoms with Gasteiger partial charge in [0.05, 0.1) is 6.20 Å². The number of rotatable bonds is 5. The number of aromatic nitrogens is 2. The van der Waals surface area contributed by atoms with Crippen LogP contribution in [0.4, 0.5) is 19.0 Å². The summed E-state index contributed by atoms with van der Waals surface area (Å²) in [7, 11) is 0. The Balaban J connectivity index is 2.04. The Labute approximate surface area is 127 Å². The first kappa shape index (κ1) is 16.6. The van der Waals surface area contributed by atoms with Crippen molar-refractivity contribution >= 4 is 11.7 Å². The van der Waals surface area contributed by atoms with Crippen LogP contribution in [-0.4, -0.2) is 35.0 Å². The molecule has 2 heterocycles. The van der Waals surface area contributed by atoms with Gasteiger partial charge in [-0.3, -0.25) is 4.79 Å². The van der Waals surface area contributed by atoms with Gasteiger partial charge >= 0.3 is 6.18 Å². The van der Waals surface area contributed by atoms with Crippen LogP contribution in [0.25, 0.3) is 0 Å². The number of anilines is 1. The van der Waals surface area contributed by atoms with Crippen molar-refractivity contribution in [3.63, 3.8) is 0 Å². The van der Waals surface area contributed by atoms with Gasteiger partial charge in [-0.05, 0) is 25.2 Å². The average molecular weight is 318 g/mol. The van der Waals surface area contributed by atoms with E-state index in [1.165, 1.54) is 6.20 Å². The van der Waals surface area contributed by atoms with Crippen molar-refractivity contribution < 1.29 is 18.0 Å². The van der Waals surface area contributed by atoms with Crippen molar-refractivity contribution in [1.29, 1.82) is 0 Å². The van der Waals surface area contributed by atoms with Crippen molar-refractivity contribution in [2.75, 3.05) is 18.4 Å². The van der Waals surface area contributed by atoms with Crippen molar-refractivity contribution in [3.05, 3.63) is 11.8 Å². The standard InChI is InChI=1S/C14H21F3N4O/c1-9(2)4-3-6-19-13(22)10-8-20-21-11(14(15,16)17)5-7-18-12(10)21/h8-9,11,18H,3-7H2,1-2H3,(H,19,22). The molecular formula is C14H21F3N4O. The van der Waals surface area contributed by atoms with Gasteiger partial charge in [-0.25, -0.2) is 4.68 Å². The largest absolute Gasteiger partial charge is 0.410 e. The molecule has 0 radical (unpaired) electrons. The molecule has 1 unspecified atom stereocenters. The highest BCUT2D eigenvalue weighted by atomic mass is 19.4. The average Bonchev–Trinajstić information content (AvgIpc) is 2.85. The number of amides is 1. The molecule has 0 aliphatic carbocycles. The number of alkyl halides is 3. The summed E-state index contributed by atoms with van der Waals surface area (Å²) in [6.45, 7) is 4.86. The van der Waals surface area contributed by atoms with E-state index in [1.54, 1.807) is 0 Å². The molecule has 1 aromatic heterocycles. The zero-order valence-electron chi connectivity index (χ0n) is 12.7. The summed E-state index contributed by atoms with van der Waals surface area (Å²) < 4.78 is 39.8. The van der Waals surface area contributed by atoms with Crippen molar-refractivity contribution in [1.82, 2.24) is 15.1 Å². The fourth-order valence-electron chi connectivity index (χ4n) is 2.50. The fraction of sp³-hybridized carbons (Fsp3) is 0.714. The van der Waals surface area contributed by atoms with Crippen molar-refractivity contribution in [2.45, 2.75) is 45.3 Å². The zero-order valence-corrected chi connectivity index (χ0v) is 12.7. The van der Waals surface area contributed by atoms with E-state index in [2.05, 4.69) is 29.6 Å². The van der Waals surface area contributed by atoms with Gasteiger partial charge in [-0.15, -0.1) is 0 Å². The maximum absolute atomic E-state index is 13.0. The number of hydrogen-bond donors (Lipinski definition) is 2. The van der Waals surface area contributed by atoms with Crippen LogP contribution in [0.15, 0.2) is 6.20 Å². The maximum atomic E-state index is 13.0. The first-order valence-corrected chi connectivity index (χ1v) is 7.47. The number of fused-ring (bicyclic) bond motifs is 1. The lowest BCUT2D eigenvalue weighted by Crippen LogP contribution is -2.35. The Morgan fingerprint density at radius 1 is 1.55 bits per heavy atom. The van der Waals surface area contributed by atoms with E-state index in [4.69, 9.17) is 0 Å². The molecule has 0 spiro atoms. The molecule has 5 nitrogen and oxygen atoms in total. The summed E-state index contributed by atoms with van der Waals surface area (Å²) in [6, 6.07) is -1.67. The SMILES string of the molecule is CC(C)CCCNC(=O)c1cnn2c1NCCC2C(F)(F)F. The summed E-state index contributed by atoms with van der Waals surface area (Å²) in [6.07, 6.45) is -1.43. The number of carbonyl (C=O) groups excluding carboxylic acids is 1. The van der Waals surface area contributed by atoms with Crippen molar-refractivity contribution in [2.24, 2.45) is 5.92 Å². The number of nitrogens with one attached hydrogen (secondary N) is 2. The lowest BCUT2D eigenvalue weighted by molar-refractivity contribution is -0.171. The van der Waals surface area contributed by atoms with Crippen molar-refractivity contribution in [3.8, 4) is 0 Å². The molecule has 0 bridgehead atoms. The van der Waals surface area contributed by atoms with Gasteiger partial charge in [0.15, 0.2) is 6.04 Å². The molecule has 1 aliphatic heterocycles. The molecule has 124 valence electrons. The molecule has 2 rings (SSSR count). The van der Waals surface area contributed by atoms with Crippen LogP contribution in [0.1, 0.15) is 49.5 Å². The van der Waals surface area contributed by atoms with Crippen LogP contribution in [0.2, 0.25) is 0 Å². The highest BCUT2D eigenvalue weighted by molar-refractivity contribution is 5.98. The van der Waals surface area contributed by atoms with Crippen LogP contribution in [0.5, 0.6) is 0 Å². The molecule has 1 atom stereocenters. The Morgan fingerprint density at radius 2 is 2.27 bits per heavy atom. The second kappa shape index (κ2) is 6.58. The fourth-order valence-corrected chi connectivity index (χ4v) is 2.50. The summed E-state index contributed by atoms with van der Waals surface area (Å²) in [4.78, 5) is 12.1. The Kier molecular flexibility index (Phi) is 4.97. The molecule has 0 saturated carbocycles. The Morgan fingerprint density at radius 3 is 2.91 bits per heavy atom. The second-order valence-electron chi connectivity index (χ2n) is 5.92. The monoisotopic (exact) mass is 318 g/mol. The van der Waals surface area contributed by atoms with E-state index in [9.17, 15) is 18.0 Å². The van der Waals surface area contributed by atoms with Gasteiger partial charge in [0.25, 0.3) is 5.91 Å². The summed E-state index contributed by atoms with van der Waals surface area (Å²) in [5.41, 5.74) is 0.165. The third kappa shape index (κ3) is 3.72. The van der Waals surface area contributed by atoms with Gasteiger partial charge in [0.1, 0.15) is 11.4 Å². The zero-order chi connectivity index (χ0) is 16.3. The summed E-state index contributed by atoms with van der Waals surface area (Å²) >= 11 is 0. The van der Waals surface area contributed by atoms with Gasteiger partial charge in [0, 0.05) is 13.1 Å². The normalized spacial score (nSPS) is 18.0. The number of nitrogens with zero attached hydrogens (tertiary/aromatic N) is 2. The summed E-state index contributed by atoms with van der Waals surface area (Å²) in [5, 5.41) is 9.33. The maximum Gasteiger partial charge on any atom is 0.410 e. The molecule has 8 heteroatoms. The van der Waals surface area contributed by atoms with Gasteiger partial charge in [-0.2, -0.15) is 18.3 Å². The molecule has 1 amide bonds. The minimum atomic E-state index is -4.37. The minimum absolute atomic E-state index is 0.0897. The molecule has 0 saturated heterocycles. The third-order valence-electron chi connectivity index (χ3n) is 3.67. The van der Waals surface area contributed by atoms with E-state index >= 15 is 0 Å². The highest BCUT2D eigenvalue weighted by Crippen LogP contribution is 2.38. The van der Waals surface area contributed by atoms with Gasteiger partial charge in [-0.1, -0.05) is 13.8 Å². The highest BCUT2D eigenvalue weighted by Gasteiger charge is 2.44. The molecule has 2 N–H and O–H groups in total. The topological polar surface area (TPSA) is 59.0 Å². The van der Waals surface area contributed by atoms with E-state index in [0.717, 1.165) is 17.5 Å². The number of halogens is 3. The molecular weight excluding hydrogens is 297 g/mol. The van der Waals surface area contributed by atoms with E-state index < -0.39 is 12.2 Å². The van der Waals surface area contributed by atoms with Crippen LogP contribution < -0.4 is 10.6 Å². The number of hydrogen-bond acceptors (Lipinski definition) is 3. The minimum Gasteiger partial charge on any atom is -0.370 e. The van der Waals surface area contributed by atoms with E-state index in [-0.39, 0.29) is 30.3 Å². The smallest absolute Gasteiger partial charge is 0.370 e. The van der Waals surface area contributed by atoms with Crippen LogP contribution in [0.3, 0.4) is 0 Å². The molecule has 1 aliphatic rings. The molecule has 0 aromatic carbocycles. The predicted octanol–water partition coefficient (Wildman–Crippen LogP) is 2.97. The lowest BCUT2D eigenvalue weighted by atomic mass is 10.1. The molecule has 1 aromatic rings. The predicted molar refractivity (Wildman–Crippen MR) is 76.8 cm³/mol. The van der Waals surface area contributed by atoms with Crippen LogP contribution in [-0.2, 0) is 0 Å². The van der Waals surface area contributed by atoms with Crippen LogP contribution in [0, 0.1) is 5.92 Å². The van der Waals surface area contributed by atoms with Crippen LogP contribution >= 0.6 is 0 Å². The Hall–Kier alpha value is -1.73. The van der Waals surface area contributed by atoms with Gasteiger partial charge in [0.2, 0.25) is 0 Å². The van der Waals surface area contributed by atoms with E-state index in [1.807, 2.05) is 0 Å². The quantitative estimate of drug-likeness (QED) is 0.821. The number of carbonyl (C=O) groups is 1.